The minimum Gasteiger partial charge on any atom is -0.491 e. The van der Waals surface area contributed by atoms with Gasteiger partial charge in [0.15, 0.2) is 0 Å². The highest BCUT2D eigenvalue weighted by atomic mass is 16.6. The van der Waals surface area contributed by atoms with Gasteiger partial charge in [0.1, 0.15) is 12.4 Å². The molecule has 0 saturated heterocycles. The molecule has 0 heterocycles. The van der Waals surface area contributed by atoms with Crippen molar-refractivity contribution >= 4 is 0 Å². The number of hydrogen-bond donors (Lipinski definition) is 0. The third-order valence-electron chi connectivity index (χ3n) is 5.86. The molecular formula is C25H42O4. The first kappa shape index (κ1) is 24.2. The quantitative estimate of drug-likeness (QED) is 0.316. The monoisotopic (exact) mass is 406 g/mol. The molecule has 0 unspecified atom stereocenters. The van der Waals surface area contributed by atoms with Crippen LogP contribution in [0.1, 0.15) is 76.7 Å². The Morgan fingerprint density at radius 1 is 0.724 bits per heavy atom. The molecule has 1 fully saturated rings. The molecule has 0 bridgehead atoms. The molecule has 0 atom stereocenters. The van der Waals surface area contributed by atoms with Crippen LogP contribution in [-0.2, 0) is 14.2 Å². The standard InChI is InChI=1S/C25H42O4/c1-3-5-6-7-22-8-10-23(11-9-22)24-12-14-25(15-13-24)29-21-20-28-19-18-27-17-16-26-4-2/h12-15,22-23H,3-11,16-21H2,1-2H3. The van der Waals surface area contributed by atoms with Gasteiger partial charge in [0.25, 0.3) is 0 Å². The van der Waals surface area contributed by atoms with Crippen molar-refractivity contribution in [3.05, 3.63) is 29.8 Å². The van der Waals surface area contributed by atoms with E-state index in [0.29, 0.717) is 39.6 Å². The summed E-state index contributed by atoms with van der Waals surface area (Å²) in [4.78, 5) is 0. The fourth-order valence-electron chi connectivity index (χ4n) is 4.11. The molecule has 4 nitrogen and oxygen atoms in total. The van der Waals surface area contributed by atoms with Crippen LogP contribution in [0, 0.1) is 5.92 Å². The Morgan fingerprint density at radius 2 is 1.34 bits per heavy atom. The van der Waals surface area contributed by atoms with E-state index in [1.54, 1.807) is 0 Å². The first-order chi connectivity index (χ1) is 14.3. The molecule has 0 aromatic heterocycles. The number of benzene rings is 1. The van der Waals surface area contributed by atoms with Gasteiger partial charge in [-0.3, -0.25) is 0 Å². The van der Waals surface area contributed by atoms with Crippen LogP contribution in [0.15, 0.2) is 24.3 Å². The Morgan fingerprint density at radius 3 is 1.97 bits per heavy atom. The molecule has 1 aliphatic rings. The van der Waals surface area contributed by atoms with Crippen LogP contribution in [-0.4, -0.2) is 46.2 Å². The molecule has 1 aromatic rings. The van der Waals surface area contributed by atoms with Gasteiger partial charge in [0.2, 0.25) is 0 Å². The van der Waals surface area contributed by atoms with E-state index in [2.05, 4.69) is 31.2 Å². The van der Waals surface area contributed by atoms with Gasteiger partial charge in [-0.2, -0.15) is 0 Å². The van der Waals surface area contributed by atoms with Crippen molar-refractivity contribution in [2.24, 2.45) is 5.92 Å². The van der Waals surface area contributed by atoms with E-state index in [1.165, 1.54) is 56.9 Å². The Kier molecular flexibility index (Phi) is 13.1. The smallest absolute Gasteiger partial charge is 0.119 e. The van der Waals surface area contributed by atoms with Crippen molar-refractivity contribution in [3.8, 4) is 5.75 Å². The highest BCUT2D eigenvalue weighted by molar-refractivity contribution is 5.29. The lowest BCUT2D eigenvalue weighted by molar-refractivity contribution is 0.0114. The normalized spacial score (nSPS) is 19.4. The Balaban J connectivity index is 1.53. The summed E-state index contributed by atoms with van der Waals surface area (Å²) < 4.78 is 22.0. The Bertz CT molecular complexity index is 494. The summed E-state index contributed by atoms with van der Waals surface area (Å²) in [6, 6.07) is 8.73. The molecule has 0 aliphatic heterocycles. The molecule has 166 valence electrons. The largest absolute Gasteiger partial charge is 0.491 e. The zero-order valence-corrected chi connectivity index (χ0v) is 18.7. The molecular weight excluding hydrogens is 364 g/mol. The van der Waals surface area contributed by atoms with E-state index in [1.807, 2.05) is 6.92 Å². The number of ether oxygens (including phenoxy) is 4. The zero-order valence-electron chi connectivity index (χ0n) is 18.7. The fourth-order valence-corrected chi connectivity index (χ4v) is 4.11. The lowest BCUT2D eigenvalue weighted by Gasteiger charge is -2.29. The maximum Gasteiger partial charge on any atom is 0.119 e. The van der Waals surface area contributed by atoms with Crippen LogP contribution in [0.3, 0.4) is 0 Å². The Hall–Kier alpha value is -1.10. The highest BCUT2D eigenvalue weighted by Crippen LogP contribution is 2.38. The van der Waals surface area contributed by atoms with Gasteiger partial charge < -0.3 is 18.9 Å². The second kappa shape index (κ2) is 15.7. The first-order valence-corrected chi connectivity index (χ1v) is 11.8. The molecule has 0 N–H and O–H groups in total. The molecule has 0 radical (unpaired) electrons. The van der Waals surface area contributed by atoms with Crippen molar-refractivity contribution in [1.29, 1.82) is 0 Å². The van der Waals surface area contributed by atoms with Crippen LogP contribution in [0.5, 0.6) is 5.75 Å². The summed E-state index contributed by atoms with van der Waals surface area (Å²) in [5, 5.41) is 0. The van der Waals surface area contributed by atoms with Gasteiger partial charge in [0, 0.05) is 6.61 Å². The summed E-state index contributed by atoms with van der Waals surface area (Å²) in [6.45, 7) is 8.63. The first-order valence-electron chi connectivity index (χ1n) is 11.8. The lowest BCUT2D eigenvalue weighted by Crippen LogP contribution is -2.13. The van der Waals surface area contributed by atoms with E-state index in [-0.39, 0.29) is 0 Å². The average molecular weight is 407 g/mol. The van der Waals surface area contributed by atoms with Crippen LogP contribution in [0.25, 0.3) is 0 Å². The molecule has 29 heavy (non-hydrogen) atoms. The average Bonchev–Trinajstić information content (AvgIpc) is 2.76. The van der Waals surface area contributed by atoms with E-state index < -0.39 is 0 Å². The summed E-state index contributed by atoms with van der Waals surface area (Å²) in [5.74, 6) is 2.63. The summed E-state index contributed by atoms with van der Waals surface area (Å²) >= 11 is 0. The molecule has 2 rings (SSSR count). The fraction of sp³-hybridized carbons (Fsp3) is 0.760. The summed E-state index contributed by atoms with van der Waals surface area (Å²) in [7, 11) is 0. The van der Waals surface area contributed by atoms with Crippen LogP contribution in [0.4, 0.5) is 0 Å². The molecule has 1 aromatic carbocycles. The van der Waals surface area contributed by atoms with Gasteiger partial charge in [-0.05, 0) is 62.1 Å². The van der Waals surface area contributed by atoms with Gasteiger partial charge in [-0.1, -0.05) is 44.7 Å². The van der Waals surface area contributed by atoms with Crippen molar-refractivity contribution in [1.82, 2.24) is 0 Å². The highest BCUT2D eigenvalue weighted by Gasteiger charge is 2.21. The molecule has 4 heteroatoms. The molecule has 1 saturated carbocycles. The van der Waals surface area contributed by atoms with Gasteiger partial charge >= 0.3 is 0 Å². The number of hydrogen-bond acceptors (Lipinski definition) is 4. The lowest BCUT2D eigenvalue weighted by atomic mass is 9.77. The predicted molar refractivity (Wildman–Crippen MR) is 119 cm³/mol. The maximum atomic E-state index is 5.79. The van der Waals surface area contributed by atoms with Crippen LogP contribution >= 0.6 is 0 Å². The minimum atomic E-state index is 0.571. The maximum absolute atomic E-state index is 5.79. The van der Waals surface area contributed by atoms with Crippen LogP contribution in [0.2, 0.25) is 0 Å². The van der Waals surface area contributed by atoms with Crippen molar-refractivity contribution in [2.75, 3.05) is 46.2 Å². The Labute approximate surface area is 178 Å². The molecule has 1 aliphatic carbocycles. The second-order valence-electron chi connectivity index (χ2n) is 8.05. The summed E-state index contributed by atoms with van der Waals surface area (Å²) in [6.07, 6.45) is 11.1. The third kappa shape index (κ3) is 10.5. The molecule has 0 spiro atoms. The van der Waals surface area contributed by atoms with Crippen molar-refractivity contribution in [2.45, 2.75) is 71.1 Å². The molecule has 0 amide bonds. The number of unbranched alkanes of at least 4 members (excludes halogenated alkanes) is 2. The number of rotatable bonds is 16. The topological polar surface area (TPSA) is 36.9 Å². The minimum absolute atomic E-state index is 0.571. The van der Waals surface area contributed by atoms with Gasteiger partial charge in [-0.15, -0.1) is 0 Å². The van der Waals surface area contributed by atoms with E-state index in [0.717, 1.165) is 24.2 Å². The predicted octanol–water partition coefficient (Wildman–Crippen LogP) is 5.99. The summed E-state index contributed by atoms with van der Waals surface area (Å²) in [5.41, 5.74) is 1.48. The SMILES string of the molecule is CCCCCC1CCC(c2ccc(OCCOCCOCCOCC)cc2)CC1. The van der Waals surface area contributed by atoms with Crippen molar-refractivity contribution in [3.63, 3.8) is 0 Å². The van der Waals surface area contributed by atoms with Gasteiger partial charge in [0.05, 0.1) is 33.0 Å². The van der Waals surface area contributed by atoms with Crippen LogP contribution < -0.4 is 4.74 Å². The van der Waals surface area contributed by atoms with Crippen molar-refractivity contribution < 1.29 is 18.9 Å². The zero-order chi connectivity index (χ0) is 20.6. The third-order valence-corrected chi connectivity index (χ3v) is 5.86. The van der Waals surface area contributed by atoms with E-state index in [4.69, 9.17) is 18.9 Å². The second-order valence-corrected chi connectivity index (χ2v) is 8.05. The van der Waals surface area contributed by atoms with E-state index in [9.17, 15) is 0 Å². The van der Waals surface area contributed by atoms with Gasteiger partial charge in [-0.25, -0.2) is 0 Å². The van der Waals surface area contributed by atoms with E-state index >= 15 is 0 Å².